The van der Waals surface area contributed by atoms with Gasteiger partial charge in [-0.1, -0.05) is 36.8 Å². The SMILES string of the molecule is O=C1CCCC[C@]2(CN(Cc3ccccc3)C[C@H]2c2cc(F)cc(F)c2)N1. The first-order chi connectivity index (χ1) is 13.0. The number of hydrogen-bond donors (Lipinski definition) is 1. The first-order valence-electron chi connectivity index (χ1n) is 9.57. The molecule has 1 N–H and O–H groups in total. The Morgan fingerprint density at radius 3 is 2.56 bits per heavy atom. The number of carbonyl (C=O) groups is 1. The van der Waals surface area contributed by atoms with Crippen molar-refractivity contribution in [3.05, 3.63) is 71.3 Å². The highest BCUT2D eigenvalue weighted by molar-refractivity contribution is 5.77. The largest absolute Gasteiger partial charge is 0.349 e. The third kappa shape index (κ3) is 3.88. The number of carbonyl (C=O) groups excluding carboxylic acids is 1. The number of rotatable bonds is 3. The number of amides is 1. The maximum Gasteiger partial charge on any atom is 0.220 e. The first-order valence-corrected chi connectivity index (χ1v) is 9.57. The summed E-state index contributed by atoms with van der Waals surface area (Å²) in [5.74, 6) is -1.23. The van der Waals surface area contributed by atoms with Gasteiger partial charge in [-0.15, -0.1) is 0 Å². The molecule has 0 unspecified atom stereocenters. The van der Waals surface area contributed by atoms with Crippen LogP contribution in [0.15, 0.2) is 48.5 Å². The van der Waals surface area contributed by atoms with Crippen LogP contribution in [0.3, 0.4) is 0 Å². The van der Waals surface area contributed by atoms with E-state index in [1.165, 1.54) is 17.7 Å². The number of nitrogens with zero attached hydrogens (tertiary/aromatic N) is 1. The Bertz CT molecular complexity index is 806. The molecule has 1 amide bonds. The lowest BCUT2D eigenvalue weighted by atomic mass is 9.79. The summed E-state index contributed by atoms with van der Waals surface area (Å²) in [5.41, 5.74) is 1.35. The van der Waals surface area contributed by atoms with Crippen LogP contribution in [-0.4, -0.2) is 29.4 Å². The summed E-state index contributed by atoms with van der Waals surface area (Å²) in [5, 5.41) is 3.23. The Hall–Kier alpha value is -2.27. The van der Waals surface area contributed by atoms with Gasteiger partial charge in [0, 0.05) is 38.0 Å². The van der Waals surface area contributed by atoms with Crippen LogP contribution < -0.4 is 5.32 Å². The first kappa shape index (κ1) is 18.1. The topological polar surface area (TPSA) is 32.3 Å². The second-order valence-corrected chi connectivity index (χ2v) is 7.82. The zero-order valence-corrected chi connectivity index (χ0v) is 15.3. The summed E-state index contributed by atoms with van der Waals surface area (Å²) in [4.78, 5) is 14.6. The second kappa shape index (κ2) is 7.39. The molecule has 2 fully saturated rings. The lowest BCUT2D eigenvalue weighted by Gasteiger charge is -2.35. The summed E-state index contributed by atoms with van der Waals surface area (Å²) >= 11 is 0. The van der Waals surface area contributed by atoms with Crippen molar-refractivity contribution < 1.29 is 13.6 Å². The van der Waals surface area contributed by atoms with Crippen LogP contribution in [0.5, 0.6) is 0 Å². The standard InChI is InChI=1S/C22H24F2N2O/c23-18-10-17(11-19(24)12-18)20-14-26(13-16-6-2-1-3-7-16)15-22(20)9-5-4-8-21(27)25-22/h1-3,6-7,10-12,20H,4-5,8-9,13-15H2,(H,25,27)/t20-,22+/m0/s1. The molecule has 5 heteroatoms. The minimum Gasteiger partial charge on any atom is -0.349 e. The van der Waals surface area contributed by atoms with Crippen molar-refractivity contribution >= 4 is 5.91 Å². The minimum atomic E-state index is -0.568. The Balaban J connectivity index is 1.67. The van der Waals surface area contributed by atoms with Gasteiger partial charge in [-0.2, -0.15) is 0 Å². The van der Waals surface area contributed by atoms with E-state index in [0.717, 1.165) is 31.9 Å². The molecular weight excluding hydrogens is 346 g/mol. The highest BCUT2D eigenvalue weighted by Gasteiger charge is 2.48. The molecule has 0 aromatic heterocycles. The van der Waals surface area contributed by atoms with E-state index < -0.39 is 17.2 Å². The number of hydrogen-bond acceptors (Lipinski definition) is 2. The Kier molecular flexibility index (Phi) is 4.96. The van der Waals surface area contributed by atoms with Gasteiger partial charge >= 0.3 is 0 Å². The average molecular weight is 370 g/mol. The summed E-state index contributed by atoms with van der Waals surface area (Å²) in [6.45, 7) is 2.11. The van der Waals surface area contributed by atoms with Gasteiger partial charge in [0.1, 0.15) is 11.6 Å². The molecule has 3 nitrogen and oxygen atoms in total. The molecule has 0 aliphatic carbocycles. The highest BCUT2D eigenvalue weighted by Crippen LogP contribution is 2.41. The van der Waals surface area contributed by atoms with Crippen molar-refractivity contribution in [3.8, 4) is 0 Å². The number of halogens is 2. The fourth-order valence-corrected chi connectivity index (χ4v) is 4.68. The fourth-order valence-electron chi connectivity index (χ4n) is 4.68. The summed E-state index contributed by atoms with van der Waals surface area (Å²) in [7, 11) is 0. The molecule has 4 rings (SSSR count). The molecule has 1 spiro atoms. The molecule has 2 aromatic rings. The monoisotopic (exact) mass is 370 g/mol. The maximum atomic E-state index is 13.9. The molecule has 142 valence electrons. The van der Waals surface area contributed by atoms with E-state index in [2.05, 4.69) is 22.3 Å². The molecule has 27 heavy (non-hydrogen) atoms. The van der Waals surface area contributed by atoms with E-state index in [1.807, 2.05) is 18.2 Å². The van der Waals surface area contributed by atoms with Gasteiger partial charge in [-0.3, -0.25) is 9.69 Å². The molecule has 2 aliphatic heterocycles. The van der Waals surface area contributed by atoms with E-state index >= 15 is 0 Å². The quantitative estimate of drug-likeness (QED) is 0.886. The molecule has 2 saturated heterocycles. The van der Waals surface area contributed by atoms with Crippen molar-refractivity contribution in [3.63, 3.8) is 0 Å². The van der Waals surface area contributed by atoms with Gasteiger partial charge in [-0.25, -0.2) is 8.78 Å². The Morgan fingerprint density at radius 1 is 1.07 bits per heavy atom. The van der Waals surface area contributed by atoms with Crippen LogP contribution in [0.1, 0.15) is 42.7 Å². The molecular formula is C22H24F2N2O. The van der Waals surface area contributed by atoms with Gasteiger partial charge < -0.3 is 5.32 Å². The van der Waals surface area contributed by atoms with E-state index in [1.54, 1.807) is 0 Å². The molecule has 2 atom stereocenters. The number of benzene rings is 2. The van der Waals surface area contributed by atoms with Crippen molar-refractivity contribution in [2.45, 2.75) is 43.7 Å². The van der Waals surface area contributed by atoms with Crippen LogP contribution >= 0.6 is 0 Å². The fraction of sp³-hybridized carbons (Fsp3) is 0.409. The highest BCUT2D eigenvalue weighted by atomic mass is 19.1. The Morgan fingerprint density at radius 2 is 1.81 bits per heavy atom. The van der Waals surface area contributed by atoms with Gasteiger partial charge in [0.25, 0.3) is 0 Å². The molecule has 0 bridgehead atoms. The van der Waals surface area contributed by atoms with Crippen LogP contribution in [0.25, 0.3) is 0 Å². The number of likely N-dealkylation sites (tertiary alicyclic amines) is 1. The van der Waals surface area contributed by atoms with Crippen LogP contribution in [0, 0.1) is 11.6 Å². The van der Waals surface area contributed by atoms with Crippen molar-refractivity contribution in [1.82, 2.24) is 10.2 Å². The van der Waals surface area contributed by atoms with E-state index in [-0.39, 0.29) is 11.8 Å². The number of nitrogens with one attached hydrogen (secondary N) is 1. The Labute approximate surface area is 158 Å². The average Bonchev–Trinajstić information content (AvgIpc) is 2.85. The molecule has 0 saturated carbocycles. The van der Waals surface area contributed by atoms with E-state index in [4.69, 9.17) is 0 Å². The molecule has 0 radical (unpaired) electrons. The minimum absolute atomic E-state index is 0.0379. The normalized spacial score (nSPS) is 26.1. The predicted molar refractivity (Wildman–Crippen MR) is 100 cm³/mol. The van der Waals surface area contributed by atoms with Crippen molar-refractivity contribution in [1.29, 1.82) is 0 Å². The van der Waals surface area contributed by atoms with E-state index in [9.17, 15) is 13.6 Å². The van der Waals surface area contributed by atoms with Crippen molar-refractivity contribution in [2.24, 2.45) is 0 Å². The predicted octanol–water partition coefficient (Wildman–Crippen LogP) is 3.99. The zero-order chi connectivity index (χ0) is 18.9. The summed E-state index contributed by atoms with van der Waals surface area (Å²) in [6, 6.07) is 13.9. The van der Waals surface area contributed by atoms with Gasteiger partial charge in [0.15, 0.2) is 0 Å². The van der Waals surface area contributed by atoms with Crippen LogP contribution in [0.2, 0.25) is 0 Å². The van der Waals surface area contributed by atoms with Crippen LogP contribution in [-0.2, 0) is 11.3 Å². The smallest absolute Gasteiger partial charge is 0.220 e. The van der Waals surface area contributed by atoms with Gasteiger partial charge in [0.2, 0.25) is 5.91 Å². The van der Waals surface area contributed by atoms with Crippen LogP contribution in [0.4, 0.5) is 8.78 Å². The summed E-state index contributed by atoms with van der Waals surface area (Å²) < 4.78 is 27.8. The zero-order valence-electron chi connectivity index (χ0n) is 15.3. The summed E-state index contributed by atoms with van der Waals surface area (Å²) in [6.07, 6.45) is 3.14. The van der Waals surface area contributed by atoms with Gasteiger partial charge in [-0.05, 0) is 36.1 Å². The lowest BCUT2D eigenvalue weighted by molar-refractivity contribution is -0.122. The van der Waals surface area contributed by atoms with Crippen molar-refractivity contribution in [2.75, 3.05) is 13.1 Å². The second-order valence-electron chi connectivity index (χ2n) is 7.82. The maximum absolute atomic E-state index is 13.9. The molecule has 2 aromatic carbocycles. The van der Waals surface area contributed by atoms with E-state index in [0.29, 0.717) is 25.1 Å². The third-order valence-electron chi connectivity index (χ3n) is 5.81. The molecule has 2 heterocycles. The third-order valence-corrected chi connectivity index (χ3v) is 5.81. The lowest BCUT2D eigenvalue weighted by Crippen LogP contribution is -2.52. The molecule has 2 aliphatic rings. The van der Waals surface area contributed by atoms with Gasteiger partial charge in [0.05, 0.1) is 5.54 Å².